The van der Waals surface area contributed by atoms with Crippen molar-refractivity contribution < 1.29 is 18.8 Å². The van der Waals surface area contributed by atoms with E-state index < -0.39 is 23.8 Å². The van der Waals surface area contributed by atoms with Crippen LogP contribution in [0.2, 0.25) is 0 Å². The molecule has 3 rings (SSSR count). The van der Waals surface area contributed by atoms with Crippen molar-refractivity contribution in [1.29, 1.82) is 0 Å². The van der Waals surface area contributed by atoms with Crippen LogP contribution in [0.3, 0.4) is 0 Å². The number of rotatable bonds is 3. The molecule has 4 amide bonds. The molecule has 0 aliphatic carbocycles. The van der Waals surface area contributed by atoms with E-state index in [1.165, 1.54) is 24.3 Å². The van der Waals surface area contributed by atoms with Crippen molar-refractivity contribution >= 4 is 23.5 Å². The number of anilines is 1. The zero-order valence-corrected chi connectivity index (χ0v) is 13.5. The minimum atomic E-state index is -0.868. The molecule has 0 spiro atoms. The van der Waals surface area contributed by atoms with Crippen LogP contribution in [0, 0.1) is 11.7 Å². The van der Waals surface area contributed by atoms with E-state index in [0.717, 1.165) is 17.7 Å². The molecule has 0 bridgehead atoms. The molecule has 2 fully saturated rings. The number of nitrogens with one attached hydrogen (secondary N) is 1. The second kappa shape index (κ2) is 6.59. The van der Waals surface area contributed by atoms with Crippen LogP contribution >= 0.6 is 0 Å². The molecule has 2 heterocycles. The molecule has 0 saturated carbocycles. The van der Waals surface area contributed by atoms with Crippen LogP contribution in [0.5, 0.6) is 0 Å². The Morgan fingerprint density at radius 1 is 1.29 bits per heavy atom. The summed E-state index contributed by atoms with van der Waals surface area (Å²) >= 11 is 0. The minimum absolute atomic E-state index is 0.0466. The molecule has 6 nitrogen and oxygen atoms in total. The smallest absolute Gasteiger partial charge is 0.329 e. The fraction of sp³-hybridized carbons (Fsp3) is 0.471. The number of urea groups is 1. The van der Waals surface area contributed by atoms with Gasteiger partial charge in [-0.15, -0.1) is 0 Å². The van der Waals surface area contributed by atoms with Crippen molar-refractivity contribution in [2.45, 2.75) is 32.2 Å². The molecule has 1 N–H and O–H groups in total. The number of nitrogens with zero attached hydrogens (tertiary/aromatic N) is 2. The number of carbonyl (C=O) groups is 3. The van der Waals surface area contributed by atoms with Crippen LogP contribution in [-0.2, 0) is 9.59 Å². The van der Waals surface area contributed by atoms with Crippen molar-refractivity contribution in [1.82, 2.24) is 10.2 Å². The maximum atomic E-state index is 13.0. The Balaban J connectivity index is 1.67. The molecule has 0 radical (unpaired) electrons. The third-order valence-corrected chi connectivity index (χ3v) is 4.49. The Bertz CT molecular complexity index is 662. The van der Waals surface area contributed by atoms with Gasteiger partial charge in [-0.2, -0.15) is 0 Å². The standard InChI is InChI=1S/C17H20FN3O3/c1-11-3-2-8-20(10-11)15(22)9-14-16(23)21(17(24)19-14)13-6-4-12(18)5-7-13/h4-7,11,14H,2-3,8-10H2,1H3,(H,19,24)/t11-,14-/m1/s1. The highest BCUT2D eigenvalue weighted by molar-refractivity contribution is 6.22. The number of benzene rings is 1. The van der Waals surface area contributed by atoms with E-state index in [1.807, 2.05) is 0 Å². The molecule has 0 aromatic heterocycles. The molecule has 0 unspecified atom stereocenters. The van der Waals surface area contributed by atoms with Gasteiger partial charge in [0.25, 0.3) is 5.91 Å². The van der Waals surface area contributed by atoms with Crippen molar-refractivity contribution in [2.24, 2.45) is 5.92 Å². The van der Waals surface area contributed by atoms with E-state index in [2.05, 4.69) is 12.2 Å². The number of hydrogen-bond donors (Lipinski definition) is 1. The van der Waals surface area contributed by atoms with Gasteiger partial charge < -0.3 is 10.2 Å². The fourth-order valence-corrected chi connectivity index (χ4v) is 3.22. The van der Waals surface area contributed by atoms with Crippen molar-refractivity contribution in [2.75, 3.05) is 18.0 Å². The van der Waals surface area contributed by atoms with Gasteiger partial charge in [0.15, 0.2) is 0 Å². The summed E-state index contributed by atoms with van der Waals surface area (Å²) in [4.78, 5) is 39.6. The van der Waals surface area contributed by atoms with E-state index >= 15 is 0 Å². The number of carbonyl (C=O) groups excluding carboxylic acids is 3. The Labute approximate surface area is 139 Å². The Morgan fingerprint density at radius 2 is 2.00 bits per heavy atom. The quantitative estimate of drug-likeness (QED) is 0.859. The predicted molar refractivity (Wildman–Crippen MR) is 85.8 cm³/mol. The second-order valence-corrected chi connectivity index (χ2v) is 6.44. The SMILES string of the molecule is C[C@@H]1CCCN(C(=O)C[C@H]2NC(=O)N(c3ccc(F)cc3)C2=O)C1. The van der Waals surface area contributed by atoms with Crippen LogP contribution in [0.1, 0.15) is 26.2 Å². The molecule has 7 heteroatoms. The Morgan fingerprint density at radius 3 is 2.67 bits per heavy atom. The largest absolute Gasteiger partial charge is 0.342 e. The number of amides is 4. The molecule has 24 heavy (non-hydrogen) atoms. The van der Waals surface area contributed by atoms with E-state index in [0.29, 0.717) is 24.7 Å². The third kappa shape index (κ3) is 3.25. The lowest BCUT2D eigenvalue weighted by Crippen LogP contribution is -2.43. The van der Waals surface area contributed by atoms with Gasteiger partial charge in [-0.3, -0.25) is 9.59 Å². The summed E-state index contributed by atoms with van der Waals surface area (Å²) in [7, 11) is 0. The van der Waals surface area contributed by atoms with Crippen molar-refractivity contribution in [3.63, 3.8) is 0 Å². The monoisotopic (exact) mass is 333 g/mol. The highest BCUT2D eigenvalue weighted by Gasteiger charge is 2.40. The summed E-state index contributed by atoms with van der Waals surface area (Å²) in [6.07, 6.45) is 2.01. The molecule has 2 aliphatic heterocycles. The Kier molecular flexibility index (Phi) is 4.51. The first-order chi connectivity index (χ1) is 11.5. The van der Waals surface area contributed by atoms with Crippen molar-refractivity contribution in [3.05, 3.63) is 30.1 Å². The summed E-state index contributed by atoms with van der Waals surface area (Å²) in [5.74, 6) is -0.602. The average Bonchev–Trinajstić information content (AvgIpc) is 2.82. The molecule has 2 aliphatic rings. The van der Waals surface area contributed by atoms with Gasteiger partial charge in [-0.1, -0.05) is 6.92 Å². The lowest BCUT2D eigenvalue weighted by Gasteiger charge is -2.31. The first-order valence-corrected chi connectivity index (χ1v) is 8.13. The van der Waals surface area contributed by atoms with Gasteiger partial charge in [-0.05, 0) is 43.0 Å². The highest BCUT2D eigenvalue weighted by atomic mass is 19.1. The highest BCUT2D eigenvalue weighted by Crippen LogP contribution is 2.22. The van der Waals surface area contributed by atoms with Crippen LogP contribution < -0.4 is 10.2 Å². The predicted octanol–water partition coefficient (Wildman–Crippen LogP) is 1.90. The first-order valence-electron chi connectivity index (χ1n) is 8.13. The van der Waals surface area contributed by atoms with Gasteiger partial charge in [0.05, 0.1) is 12.1 Å². The lowest BCUT2D eigenvalue weighted by molar-refractivity contribution is -0.135. The topological polar surface area (TPSA) is 69.7 Å². The molecule has 1 aromatic carbocycles. The number of piperidine rings is 1. The molecule has 2 saturated heterocycles. The summed E-state index contributed by atoms with van der Waals surface area (Å²) in [6.45, 7) is 3.48. The lowest BCUT2D eigenvalue weighted by atomic mass is 9.99. The van der Waals surface area contributed by atoms with Gasteiger partial charge >= 0.3 is 6.03 Å². The molecular formula is C17H20FN3O3. The van der Waals surface area contributed by atoms with Gasteiger partial charge in [0, 0.05) is 13.1 Å². The minimum Gasteiger partial charge on any atom is -0.342 e. The number of hydrogen-bond acceptors (Lipinski definition) is 3. The molecular weight excluding hydrogens is 313 g/mol. The van der Waals surface area contributed by atoms with Crippen LogP contribution in [0.4, 0.5) is 14.9 Å². The first kappa shape index (κ1) is 16.4. The van der Waals surface area contributed by atoms with E-state index in [9.17, 15) is 18.8 Å². The van der Waals surface area contributed by atoms with Crippen molar-refractivity contribution in [3.8, 4) is 0 Å². The molecule has 128 valence electrons. The zero-order chi connectivity index (χ0) is 17.3. The summed E-state index contributed by atoms with van der Waals surface area (Å²) in [5, 5.41) is 2.54. The van der Waals surface area contributed by atoms with E-state index in [4.69, 9.17) is 0 Å². The number of halogens is 1. The summed E-state index contributed by atoms with van der Waals surface area (Å²) < 4.78 is 13.0. The van der Waals surface area contributed by atoms with Crippen LogP contribution in [-0.4, -0.2) is 41.9 Å². The van der Waals surface area contributed by atoms with E-state index in [1.54, 1.807) is 4.90 Å². The van der Waals surface area contributed by atoms with Gasteiger partial charge in [0.2, 0.25) is 5.91 Å². The van der Waals surface area contributed by atoms with Gasteiger partial charge in [-0.25, -0.2) is 14.1 Å². The normalized spacial score (nSPS) is 24.2. The summed E-state index contributed by atoms with van der Waals surface area (Å²) in [5.41, 5.74) is 0.292. The maximum absolute atomic E-state index is 13.0. The molecule has 1 aromatic rings. The second-order valence-electron chi connectivity index (χ2n) is 6.44. The van der Waals surface area contributed by atoms with Gasteiger partial charge in [0.1, 0.15) is 11.9 Å². The number of imide groups is 1. The molecule has 2 atom stereocenters. The maximum Gasteiger partial charge on any atom is 0.329 e. The average molecular weight is 333 g/mol. The zero-order valence-electron chi connectivity index (χ0n) is 13.5. The number of likely N-dealkylation sites (tertiary alicyclic amines) is 1. The van der Waals surface area contributed by atoms with Crippen LogP contribution in [0.25, 0.3) is 0 Å². The Hall–Kier alpha value is -2.44. The van der Waals surface area contributed by atoms with Crippen LogP contribution in [0.15, 0.2) is 24.3 Å². The fourth-order valence-electron chi connectivity index (χ4n) is 3.22. The summed E-state index contributed by atoms with van der Waals surface area (Å²) in [6, 6.07) is 3.64. The third-order valence-electron chi connectivity index (χ3n) is 4.49. The van der Waals surface area contributed by atoms with E-state index in [-0.39, 0.29) is 12.3 Å².